The number of furan rings is 1. The Labute approximate surface area is 143 Å². The summed E-state index contributed by atoms with van der Waals surface area (Å²) in [7, 11) is 4.08. The summed E-state index contributed by atoms with van der Waals surface area (Å²) < 4.78 is 17.2. The molecule has 0 unspecified atom stereocenters. The van der Waals surface area contributed by atoms with Gasteiger partial charge in [0.15, 0.2) is 0 Å². The molecular weight excluding hydrogens is 308 g/mol. The van der Waals surface area contributed by atoms with Crippen LogP contribution in [0, 0.1) is 6.92 Å². The molecule has 0 aliphatic carbocycles. The number of fused-ring (bicyclic) bond motifs is 1. The van der Waals surface area contributed by atoms with E-state index < -0.39 is 0 Å². The summed E-state index contributed by atoms with van der Waals surface area (Å²) in [6.45, 7) is 4.88. The Morgan fingerprint density at radius 3 is 2.92 bits per heavy atom. The second-order valence-electron chi connectivity index (χ2n) is 7.00. The number of hydrogen-bond acceptors (Lipinski definition) is 5. The fourth-order valence-electron chi connectivity index (χ4n) is 3.60. The lowest BCUT2D eigenvalue weighted by molar-refractivity contribution is -0.0970. The molecule has 0 saturated carbocycles. The predicted molar refractivity (Wildman–Crippen MR) is 90.2 cm³/mol. The highest BCUT2D eigenvalue weighted by atomic mass is 16.5. The molecule has 0 bridgehead atoms. The summed E-state index contributed by atoms with van der Waals surface area (Å²) >= 11 is 0. The van der Waals surface area contributed by atoms with Gasteiger partial charge in [-0.3, -0.25) is 4.79 Å². The molecule has 3 rings (SSSR count). The second kappa shape index (κ2) is 7.68. The first kappa shape index (κ1) is 17.5. The van der Waals surface area contributed by atoms with Gasteiger partial charge in [0.1, 0.15) is 5.76 Å². The maximum Gasteiger partial charge on any atom is 0.257 e. The summed E-state index contributed by atoms with van der Waals surface area (Å²) in [5.41, 5.74) is 0.671. The molecule has 1 amide bonds. The molecule has 134 valence electrons. The Kier molecular flexibility index (Phi) is 5.58. The van der Waals surface area contributed by atoms with E-state index in [0.29, 0.717) is 17.9 Å². The van der Waals surface area contributed by atoms with Gasteiger partial charge in [0.05, 0.1) is 43.3 Å². The normalized spacial score (nSPS) is 26.8. The summed E-state index contributed by atoms with van der Waals surface area (Å²) in [5, 5.41) is 0. The van der Waals surface area contributed by atoms with Crippen LogP contribution in [0.25, 0.3) is 0 Å². The van der Waals surface area contributed by atoms with Crippen molar-refractivity contribution in [2.24, 2.45) is 0 Å². The molecule has 0 N–H and O–H groups in total. The van der Waals surface area contributed by atoms with Gasteiger partial charge in [0.25, 0.3) is 5.91 Å². The average molecular weight is 336 g/mol. The number of carbonyl (C=O) groups excluding carboxylic acids is 1. The Morgan fingerprint density at radius 1 is 1.38 bits per heavy atom. The summed E-state index contributed by atoms with van der Waals surface area (Å²) in [6, 6.07) is 1.95. The van der Waals surface area contributed by atoms with Crippen LogP contribution in [0.2, 0.25) is 0 Å². The molecule has 1 aromatic rings. The zero-order chi connectivity index (χ0) is 17.1. The standard InChI is InChI=1S/C18H28N2O4/c1-13-15(7-10-23-13)18(21)20-8-6-17-16(20)5-4-14(24-17)12-22-11-9-19(2)3/h7,10,14,16-17H,4-6,8-9,11-12H2,1-3H3/t14-,16-,17-/m0/s1. The number of rotatable bonds is 6. The Bertz CT molecular complexity index is 557. The molecule has 2 fully saturated rings. The molecule has 2 saturated heterocycles. The molecule has 0 radical (unpaired) electrons. The van der Waals surface area contributed by atoms with Crippen LogP contribution in [0.15, 0.2) is 16.7 Å². The van der Waals surface area contributed by atoms with Crippen molar-refractivity contribution in [2.45, 2.75) is 44.4 Å². The van der Waals surface area contributed by atoms with Crippen LogP contribution in [0.1, 0.15) is 35.4 Å². The fourth-order valence-corrected chi connectivity index (χ4v) is 3.60. The van der Waals surface area contributed by atoms with Crippen molar-refractivity contribution < 1.29 is 18.7 Å². The van der Waals surface area contributed by atoms with Crippen molar-refractivity contribution in [1.29, 1.82) is 0 Å². The van der Waals surface area contributed by atoms with Crippen molar-refractivity contribution in [2.75, 3.05) is 40.4 Å². The first-order chi connectivity index (χ1) is 11.6. The quantitative estimate of drug-likeness (QED) is 0.743. The van der Waals surface area contributed by atoms with E-state index in [1.165, 1.54) is 0 Å². The number of nitrogens with zero attached hydrogens (tertiary/aromatic N) is 2. The van der Waals surface area contributed by atoms with Crippen molar-refractivity contribution in [3.05, 3.63) is 23.7 Å². The summed E-state index contributed by atoms with van der Waals surface area (Å²) in [6.07, 6.45) is 4.69. The van der Waals surface area contributed by atoms with E-state index in [1.807, 2.05) is 25.9 Å². The van der Waals surface area contributed by atoms with Crippen LogP contribution in [-0.4, -0.2) is 74.4 Å². The summed E-state index contributed by atoms with van der Waals surface area (Å²) in [4.78, 5) is 16.8. The van der Waals surface area contributed by atoms with Gasteiger partial charge < -0.3 is 23.7 Å². The lowest BCUT2D eigenvalue weighted by Gasteiger charge is -2.35. The fraction of sp³-hybridized carbons (Fsp3) is 0.722. The Morgan fingerprint density at radius 2 is 2.21 bits per heavy atom. The third-order valence-corrected chi connectivity index (χ3v) is 4.97. The molecule has 3 heterocycles. The van der Waals surface area contributed by atoms with Crippen molar-refractivity contribution in [3.63, 3.8) is 0 Å². The lowest BCUT2D eigenvalue weighted by atomic mass is 9.99. The lowest BCUT2D eigenvalue weighted by Crippen LogP contribution is -2.46. The monoisotopic (exact) mass is 336 g/mol. The molecule has 2 aliphatic heterocycles. The Hall–Kier alpha value is -1.37. The number of likely N-dealkylation sites (N-methyl/N-ethyl adjacent to an activating group) is 1. The smallest absolute Gasteiger partial charge is 0.257 e. The SMILES string of the molecule is Cc1occc1C(=O)N1CC[C@@H]2O[C@H](COCCN(C)C)CC[C@@H]21. The molecule has 6 nitrogen and oxygen atoms in total. The number of likely N-dealkylation sites (tertiary alicyclic amines) is 1. The highest BCUT2D eigenvalue weighted by Gasteiger charge is 2.42. The van der Waals surface area contributed by atoms with Gasteiger partial charge in [-0.25, -0.2) is 0 Å². The van der Waals surface area contributed by atoms with E-state index in [0.717, 1.165) is 39.0 Å². The number of ether oxygens (including phenoxy) is 2. The van der Waals surface area contributed by atoms with Crippen LogP contribution < -0.4 is 0 Å². The highest BCUT2D eigenvalue weighted by molar-refractivity contribution is 5.95. The molecular formula is C18H28N2O4. The minimum absolute atomic E-state index is 0.0676. The maximum absolute atomic E-state index is 12.7. The summed E-state index contributed by atoms with van der Waals surface area (Å²) in [5.74, 6) is 0.755. The van der Waals surface area contributed by atoms with Gasteiger partial charge in [-0.2, -0.15) is 0 Å². The second-order valence-corrected chi connectivity index (χ2v) is 7.00. The van der Waals surface area contributed by atoms with Gasteiger partial charge in [-0.15, -0.1) is 0 Å². The topological polar surface area (TPSA) is 55.2 Å². The first-order valence-electron chi connectivity index (χ1n) is 8.79. The van der Waals surface area contributed by atoms with Crippen LogP contribution in [-0.2, 0) is 9.47 Å². The molecule has 0 aromatic carbocycles. The van der Waals surface area contributed by atoms with E-state index >= 15 is 0 Å². The van der Waals surface area contributed by atoms with Gasteiger partial charge in [-0.05, 0) is 46.3 Å². The molecule has 3 atom stereocenters. The van der Waals surface area contributed by atoms with Gasteiger partial charge >= 0.3 is 0 Å². The van der Waals surface area contributed by atoms with Gasteiger partial charge in [0, 0.05) is 13.1 Å². The van der Waals surface area contributed by atoms with E-state index in [-0.39, 0.29) is 24.2 Å². The van der Waals surface area contributed by atoms with Crippen LogP contribution in [0.4, 0.5) is 0 Å². The third-order valence-electron chi connectivity index (χ3n) is 4.97. The van der Waals surface area contributed by atoms with Crippen LogP contribution in [0.5, 0.6) is 0 Å². The van der Waals surface area contributed by atoms with Gasteiger partial charge in [0.2, 0.25) is 0 Å². The highest BCUT2D eigenvalue weighted by Crippen LogP contribution is 2.33. The predicted octanol–water partition coefficient (Wildman–Crippen LogP) is 1.93. The number of aryl methyl sites for hydroxylation is 1. The maximum atomic E-state index is 12.7. The van der Waals surface area contributed by atoms with E-state index in [4.69, 9.17) is 13.9 Å². The number of carbonyl (C=O) groups is 1. The minimum Gasteiger partial charge on any atom is -0.469 e. The zero-order valence-corrected chi connectivity index (χ0v) is 14.9. The third kappa shape index (κ3) is 3.82. The van der Waals surface area contributed by atoms with E-state index in [1.54, 1.807) is 12.3 Å². The van der Waals surface area contributed by atoms with Crippen LogP contribution >= 0.6 is 0 Å². The number of amides is 1. The van der Waals surface area contributed by atoms with Crippen molar-refractivity contribution in [3.8, 4) is 0 Å². The molecule has 2 aliphatic rings. The van der Waals surface area contributed by atoms with Crippen molar-refractivity contribution in [1.82, 2.24) is 9.80 Å². The number of hydrogen-bond donors (Lipinski definition) is 0. The van der Waals surface area contributed by atoms with E-state index in [2.05, 4.69) is 4.90 Å². The molecule has 0 spiro atoms. The largest absolute Gasteiger partial charge is 0.469 e. The van der Waals surface area contributed by atoms with Crippen molar-refractivity contribution >= 4 is 5.91 Å². The van der Waals surface area contributed by atoms with E-state index in [9.17, 15) is 4.79 Å². The molecule has 1 aromatic heterocycles. The van der Waals surface area contributed by atoms with Crippen LogP contribution in [0.3, 0.4) is 0 Å². The average Bonchev–Trinajstić information content (AvgIpc) is 3.16. The Balaban J connectivity index is 1.50. The first-order valence-corrected chi connectivity index (χ1v) is 8.79. The molecule has 24 heavy (non-hydrogen) atoms. The molecule has 6 heteroatoms. The minimum atomic E-state index is 0.0676. The van der Waals surface area contributed by atoms with Gasteiger partial charge in [-0.1, -0.05) is 0 Å². The zero-order valence-electron chi connectivity index (χ0n) is 14.9.